The topological polar surface area (TPSA) is 78.4 Å². The average Bonchev–Trinajstić information content (AvgIpc) is 2.63. The summed E-state index contributed by atoms with van der Waals surface area (Å²) in [4.78, 5) is 22.2. The third-order valence-corrected chi connectivity index (χ3v) is 3.96. The Morgan fingerprint density at radius 2 is 2.18 bits per heavy atom. The molecule has 1 rings (SSSR count). The first-order valence-corrected chi connectivity index (χ1v) is 6.83. The van der Waals surface area contributed by atoms with E-state index >= 15 is 0 Å². The normalized spacial score (nSPS) is 20.0. The summed E-state index contributed by atoms with van der Waals surface area (Å²) in [6.45, 7) is 4.05. The van der Waals surface area contributed by atoms with Gasteiger partial charge >= 0.3 is 12.0 Å². The number of carbonyl (C=O) groups is 2. The van der Waals surface area contributed by atoms with Crippen LogP contribution in [0, 0.1) is 0 Å². The molecule has 1 aliphatic heterocycles. The minimum atomic E-state index is -0.915. The van der Waals surface area contributed by atoms with Gasteiger partial charge in [-0.3, -0.25) is 4.79 Å². The molecular formula is C11H20N2O3S. The predicted octanol–water partition coefficient (Wildman–Crippen LogP) is 1.43. The maximum atomic E-state index is 11.6. The molecule has 0 aromatic carbocycles. The number of carboxylic acids is 1. The molecule has 0 aromatic heterocycles. The molecular weight excluding hydrogens is 240 g/mol. The number of hydrogen-bond donors (Lipinski definition) is 3. The lowest BCUT2D eigenvalue weighted by atomic mass is 10.0. The number of urea groups is 1. The van der Waals surface area contributed by atoms with Gasteiger partial charge in [0.05, 0.1) is 6.42 Å². The first-order valence-electron chi connectivity index (χ1n) is 5.78. The Morgan fingerprint density at radius 1 is 1.47 bits per heavy atom. The number of aliphatic carboxylic acids is 1. The first-order chi connectivity index (χ1) is 7.89. The van der Waals surface area contributed by atoms with Crippen LogP contribution in [-0.2, 0) is 4.79 Å². The fourth-order valence-electron chi connectivity index (χ4n) is 1.79. The third kappa shape index (κ3) is 5.81. The molecule has 98 valence electrons. The fraction of sp³-hybridized carbons (Fsp3) is 0.818. The van der Waals surface area contributed by atoms with E-state index in [2.05, 4.69) is 10.6 Å². The number of hydrogen-bond acceptors (Lipinski definition) is 3. The van der Waals surface area contributed by atoms with Gasteiger partial charge < -0.3 is 15.7 Å². The van der Waals surface area contributed by atoms with Crippen LogP contribution in [0.5, 0.6) is 0 Å². The summed E-state index contributed by atoms with van der Waals surface area (Å²) in [5.41, 5.74) is -0.723. The molecule has 0 saturated carbocycles. The van der Waals surface area contributed by atoms with Gasteiger partial charge in [-0.2, -0.15) is 11.8 Å². The highest BCUT2D eigenvalue weighted by atomic mass is 32.2. The molecule has 0 bridgehead atoms. The minimum Gasteiger partial charge on any atom is -0.481 e. The molecule has 1 fully saturated rings. The van der Waals surface area contributed by atoms with E-state index in [0.717, 1.165) is 6.42 Å². The summed E-state index contributed by atoms with van der Waals surface area (Å²) < 4.78 is 0. The number of thioether (sulfide) groups is 1. The van der Waals surface area contributed by atoms with E-state index in [1.165, 1.54) is 12.2 Å². The zero-order chi connectivity index (χ0) is 12.9. The Balaban J connectivity index is 2.25. The van der Waals surface area contributed by atoms with Crippen molar-refractivity contribution in [3.05, 3.63) is 0 Å². The summed E-state index contributed by atoms with van der Waals surface area (Å²) in [5, 5.41) is 14.7. The van der Waals surface area contributed by atoms with Crippen LogP contribution in [-0.4, -0.2) is 40.2 Å². The van der Waals surface area contributed by atoms with Crippen LogP contribution in [0.4, 0.5) is 4.79 Å². The highest BCUT2D eigenvalue weighted by Crippen LogP contribution is 2.25. The monoisotopic (exact) mass is 260 g/mol. The van der Waals surface area contributed by atoms with Crippen LogP contribution < -0.4 is 10.6 Å². The van der Waals surface area contributed by atoms with E-state index in [-0.39, 0.29) is 12.5 Å². The van der Waals surface area contributed by atoms with Crippen LogP contribution in [0.1, 0.15) is 33.1 Å². The number of nitrogens with one attached hydrogen (secondary N) is 2. The zero-order valence-electron chi connectivity index (χ0n) is 10.3. The Hall–Kier alpha value is -0.910. The Kier molecular flexibility index (Phi) is 5.11. The molecule has 1 aliphatic rings. The van der Waals surface area contributed by atoms with Crippen molar-refractivity contribution in [3.8, 4) is 0 Å². The van der Waals surface area contributed by atoms with E-state index in [4.69, 9.17) is 5.11 Å². The molecule has 5 nitrogen and oxygen atoms in total. The van der Waals surface area contributed by atoms with Crippen molar-refractivity contribution in [2.75, 3.05) is 12.3 Å². The molecule has 3 N–H and O–H groups in total. The fourth-order valence-corrected chi connectivity index (χ4v) is 2.99. The highest BCUT2D eigenvalue weighted by molar-refractivity contribution is 8.00. The summed E-state index contributed by atoms with van der Waals surface area (Å²) in [5.74, 6) is 0.250. The Labute approximate surface area is 106 Å². The van der Waals surface area contributed by atoms with Crippen molar-refractivity contribution in [1.82, 2.24) is 10.6 Å². The number of carbonyl (C=O) groups excluding carboxylic acids is 1. The van der Waals surface area contributed by atoms with Gasteiger partial charge in [0, 0.05) is 17.3 Å². The summed E-state index contributed by atoms with van der Waals surface area (Å²) in [7, 11) is 0. The molecule has 0 aliphatic carbocycles. The number of rotatable bonds is 5. The molecule has 1 atom stereocenters. The molecule has 6 heteroatoms. The van der Waals surface area contributed by atoms with Crippen LogP contribution >= 0.6 is 11.8 Å². The number of carboxylic acid groups (broad SMARTS) is 1. The van der Waals surface area contributed by atoms with Crippen molar-refractivity contribution in [2.24, 2.45) is 0 Å². The van der Waals surface area contributed by atoms with Crippen molar-refractivity contribution >= 4 is 23.8 Å². The first kappa shape index (κ1) is 14.2. The minimum absolute atomic E-state index is 0.0847. The highest BCUT2D eigenvalue weighted by Gasteiger charge is 2.24. The molecule has 1 unspecified atom stereocenters. The van der Waals surface area contributed by atoms with Crippen molar-refractivity contribution in [3.63, 3.8) is 0 Å². The second-order valence-corrected chi connectivity index (χ2v) is 6.33. The maximum Gasteiger partial charge on any atom is 0.315 e. The zero-order valence-corrected chi connectivity index (χ0v) is 11.1. The van der Waals surface area contributed by atoms with Crippen molar-refractivity contribution in [2.45, 2.75) is 43.9 Å². The van der Waals surface area contributed by atoms with Gasteiger partial charge in [-0.1, -0.05) is 0 Å². The Morgan fingerprint density at radius 3 is 2.71 bits per heavy atom. The Bertz CT molecular complexity index is 288. The smallest absolute Gasteiger partial charge is 0.315 e. The van der Waals surface area contributed by atoms with E-state index in [1.807, 2.05) is 11.8 Å². The van der Waals surface area contributed by atoms with Crippen LogP contribution in [0.15, 0.2) is 0 Å². The SMILES string of the molecule is CC(C)(CC(=O)O)NC(=O)NCC1CCCS1. The van der Waals surface area contributed by atoms with Crippen molar-refractivity contribution < 1.29 is 14.7 Å². The summed E-state index contributed by atoms with van der Waals surface area (Å²) >= 11 is 1.88. The van der Waals surface area contributed by atoms with Gasteiger partial charge in [0.2, 0.25) is 0 Å². The van der Waals surface area contributed by atoms with E-state index in [0.29, 0.717) is 11.8 Å². The lowest BCUT2D eigenvalue weighted by Crippen LogP contribution is -2.50. The summed E-state index contributed by atoms with van der Waals surface area (Å²) in [6.07, 6.45) is 2.27. The molecule has 0 aromatic rings. The van der Waals surface area contributed by atoms with Gasteiger partial charge in [0.25, 0.3) is 0 Å². The van der Waals surface area contributed by atoms with Crippen LogP contribution in [0.3, 0.4) is 0 Å². The van der Waals surface area contributed by atoms with Gasteiger partial charge in [0.15, 0.2) is 0 Å². The standard InChI is InChI=1S/C11H20N2O3S/c1-11(2,6-9(14)15)13-10(16)12-7-8-4-3-5-17-8/h8H,3-7H2,1-2H3,(H,14,15)(H2,12,13,16). The second kappa shape index (κ2) is 6.14. The predicted molar refractivity (Wildman–Crippen MR) is 68.3 cm³/mol. The van der Waals surface area contributed by atoms with Gasteiger partial charge in [-0.05, 0) is 32.4 Å². The van der Waals surface area contributed by atoms with E-state index < -0.39 is 11.5 Å². The molecule has 0 spiro atoms. The van der Waals surface area contributed by atoms with Crippen molar-refractivity contribution in [1.29, 1.82) is 0 Å². The molecule has 17 heavy (non-hydrogen) atoms. The lowest BCUT2D eigenvalue weighted by molar-refractivity contribution is -0.138. The maximum absolute atomic E-state index is 11.6. The quantitative estimate of drug-likeness (QED) is 0.699. The lowest BCUT2D eigenvalue weighted by Gasteiger charge is -2.24. The molecule has 0 radical (unpaired) electrons. The molecule has 1 saturated heterocycles. The molecule has 1 heterocycles. The van der Waals surface area contributed by atoms with E-state index in [9.17, 15) is 9.59 Å². The second-order valence-electron chi connectivity index (χ2n) is 4.92. The third-order valence-electron chi connectivity index (χ3n) is 2.56. The van der Waals surface area contributed by atoms with E-state index in [1.54, 1.807) is 13.8 Å². The van der Waals surface area contributed by atoms with Gasteiger partial charge in [-0.25, -0.2) is 4.79 Å². The summed E-state index contributed by atoms with van der Waals surface area (Å²) in [6, 6.07) is -0.288. The largest absolute Gasteiger partial charge is 0.481 e. The molecule has 2 amide bonds. The average molecular weight is 260 g/mol. The van der Waals surface area contributed by atoms with Gasteiger partial charge in [0.1, 0.15) is 0 Å². The van der Waals surface area contributed by atoms with Crippen LogP contribution in [0.2, 0.25) is 0 Å². The van der Waals surface area contributed by atoms with Crippen LogP contribution in [0.25, 0.3) is 0 Å². The van der Waals surface area contributed by atoms with Gasteiger partial charge in [-0.15, -0.1) is 0 Å². The number of amides is 2.